The summed E-state index contributed by atoms with van der Waals surface area (Å²) in [7, 11) is 1.61. The smallest absolute Gasteiger partial charge is 0.255 e. The van der Waals surface area contributed by atoms with Crippen LogP contribution in [0.4, 0.5) is 0 Å². The van der Waals surface area contributed by atoms with Crippen LogP contribution in [0.15, 0.2) is 0 Å². The van der Waals surface area contributed by atoms with Crippen molar-refractivity contribution in [2.45, 2.75) is 38.8 Å². The molecule has 1 aromatic heterocycles. The average Bonchev–Trinajstić information content (AvgIpc) is 2.79. The summed E-state index contributed by atoms with van der Waals surface area (Å²) in [6.07, 6.45) is 1.31. The number of ether oxygens (including phenoxy) is 1. The molecule has 2 rings (SSSR count). The highest BCUT2D eigenvalue weighted by molar-refractivity contribution is 7.11. The molecule has 0 aromatic carbocycles. The molecular formula is C15H25N3O3S. The predicted octanol–water partition coefficient (Wildman–Crippen LogP) is 0.849. The lowest BCUT2D eigenvalue weighted by atomic mass is 9.91. The van der Waals surface area contributed by atoms with Gasteiger partial charge in [0.05, 0.1) is 17.3 Å². The number of nitrogens with one attached hydrogen (secondary N) is 1. The Hall–Kier alpha value is -1.02. The van der Waals surface area contributed by atoms with Gasteiger partial charge in [0.25, 0.3) is 5.91 Å². The van der Waals surface area contributed by atoms with Gasteiger partial charge in [-0.25, -0.2) is 4.98 Å². The van der Waals surface area contributed by atoms with Crippen LogP contribution in [0.2, 0.25) is 0 Å². The number of carbonyl (C=O) groups is 1. The summed E-state index contributed by atoms with van der Waals surface area (Å²) >= 11 is 1.65. The van der Waals surface area contributed by atoms with Crippen molar-refractivity contribution < 1.29 is 14.6 Å². The van der Waals surface area contributed by atoms with Gasteiger partial charge in [0.15, 0.2) is 5.60 Å². The molecule has 0 radical (unpaired) electrons. The van der Waals surface area contributed by atoms with Crippen LogP contribution in [0.1, 0.15) is 28.4 Å². The van der Waals surface area contributed by atoms with Crippen molar-refractivity contribution in [1.82, 2.24) is 15.2 Å². The largest absolute Gasteiger partial charge is 0.383 e. The van der Waals surface area contributed by atoms with Crippen molar-refractivity contribution in [2.75, 3.05) is 33.4 Å². The summed E-state index contributed by atoms with van der Waals surface area (Å²) in [6, 6.07) is 0. The number of thiazole rings is 1. The Morgan fingerprint density at radius 2 is 2.27 bits per heavy atom. The lowest BCUT2D eigenvalue weighted by Gasteiger charge is -2.38. The fourth-order valence-corrected chi connectivity index (χ4v) is 3.67. The first-order valence-electron chi connectivity index (χ1n) is 7.60. The van der Waals surface area contributed by atoms with E-state index in [-0.39, 0.29) is 12.5 Å². The summed E-state index contributed by atoms with van der Waals surface area (Å²) < 4.78 is 5.02. The summed E-state index contributed by atoms with van der Waals surface area (Å²) in [5.41, 5.74) is -0.293. The molecule has 2 N–H and O–H groups in total. The predicted molar refractivity (Wildman–Crippen MR) is 85.9 cm³/mol. The van der Waals surface area contributed by atoms with Gasteiger partial charge in [-0.3, -0.25) is 4.79 Å². The molecule has 1 fully saturated rings. The van der Waals surface area contributed by atoms with Crippen LogP contribution in [0.5, 0.6) is 0 Å². The highest BCUT2D eigenvalue weighted by atomic mass is 32.1. The number of hydrogen-bond donors (Lipinski definition) is 2. The topological polar surface area (TPSA) is 74.7 Å². The number of aliphatic hydroxyl groups is 1. The van der Waals surface area contributed by atoms with E-state index in [1.807, 2.05) is 13.8 Å². The van der Waals surface area contributed by atoms with Gasteiger partial charge in [0, 0.05) is 38.2 Å². The number of hydrogen-bond acceptors (Lipinski definition) is 6. The third-order valence-corrected chi connectivity index (χ3v) is 5.04. The van der Waals surface area contributed by atoms with Crippen LogP contribution in [0, 0.1) is 13.8 Å². The molecule has 0 bridgehead atoms. The number of methoxy groups -OCH3 is 1. The van der Waals surface area contributed by atoms with Gasteiger partial charge in [0.1, 0.15) is 0 Å². The van der Waals surface area contributed by atoms with Crippen molar-refractivity contribution in [3.63, 3.8) is 0 Å². The zero-order chi connectivity index (χ0) is 16.2. The number of carbonyl (C=O) groups excluding carboxylic acids is 1. The van der Waals surface area contributed by atoms with Crippen LogP contribution in [0.25, 0.3) is 0 Å². The van der Waals surface area contributed by atoms with Crippen LogP contribution in [-0.2, 0) is 16.1 Å². The van der Waals surface area contributed by atoms with Gasteiger partial charge in [-0.2, -0.15) is 0 Å². The number of amides is 1. The number of rotatable bonds is 7. The van der Waals surface area contributed by atoms with Crippen molar-refractivity contribution in [2.24, 2.45) is 0 Å². The molecule has 0 saturated carbocycles. The van der Waals surface area contributed by atoms with E-state index in [1.54, 1.807) is 23.3 Å². The maximum atomic E-state index is 12.4. The number of nitrogens with zero attached hydrogens (tertiary/aromatic N) is 2. The summed E-state index contributed by atoms with van der Waals surface area (Å²) in [4.78, 5) is 19.7. The Morgan fingerprint density at radius 3 is 2.91 bits per heavy atom. The molecule has 1 amide bonds. The van der Waals surface area contributed by atoms with E-state index in [2.05, 4.69) is 10.3 Å². The standard InChI is InChI=1S/C15H25N3O3S/c1-11-13(22-12(2)17-11)9-16-10-15(20)5-4-6-18(14(15)19)7-8-21-3/h16,20H,4-10H2,1-3H3. The lowest BCUT2D eigenvalue weighted by Crippen LogP contribution is -2.58. The molecule has 0 spiro atoms. The monoisotopic (exact) mass is 327 g/mol. The third-order valence-electron chi connectivity index (χ3n) is 3.97. The van der Waals surface area contributed by atoms with Crippen molar-refractivity contribution >= 4 is 17.2 Å². The van der Waals surface area contributed by atoms with E-state index in [0.717, 1.165) is 22.0 Å². The Bertz CT molecular complexity index is 520. The molecule has 22 heavy (non-hydrogen) atoms. The van der Waals surface area contributed by atoms with Crippen LogP contribution in [0.3, 0.4) is 0 Å². The molecule has 1 aliphatic heterocycles. The number of aryl methyl sites for hydroxylation is 2. The molecule has 2 heterocycles. The molecule has 1 atom stereocenters. The van der Waals surface area contributed by atoms with E-state index in [1.165, 1.54) is 0 Å². The minimum atomic E-state index is -1.31. The number of piperidine rings is 1. The highest BCUT2D eigenvalue weighted by Gasteiger charge is 2.41. The Morgan fingerprint density at radius 1 is 1.50 bits per heavy atom. The third kappa shape index (κ3) is 4.04. The van der Waals surface area contributed by atoms with Gasteiger partial charge in [0.2, 0.25) is 0 Å². The van der Waals surface area contributed by atoms with Gasteiger partial charge >= 0.3 is 0 Å². The fourth-order valence-electron chi connectivity index (χ4n) is 2.76. The highest BCUT2D eigenvalue weighted by Crippen LogP contribution is 2.23. The minimum absolute atomic E-state index is 0.194. The van der Waals surface area contributed by atoms with Gasteiger partial charge in [-0.15, -0.1) is 11.3 Å². The van der Waals surface area contributed by atoms with Crippen LogP contribution in [-0.4, -0.2) is 59.8 Å². The molecule has 1 unspecified atom stereocenters. The van der Waals surface area contributed by atoms with Gasteiger partial charge in [-0.1, -0.05) is 0 Å². The Balaban J connectivity index is 1.89. The lowest BCUT2D eigenvalue weighted by molar-refractivity contribution is -0.157. The second-order valence-electron chi connectivity index (χ2n) is 5.77. The maximum Gasteiger partial charge on any atom is 0.255 e. The van der Waals surface area contributed by atoms with Crippen LogP contribution < -0.4 is 5.32 Å². The van der Waals surface area contributed by atoms with E-state index in [9.17, 15) is 9.90 Å². The molecule has 124 valence electrons. The van der Waals surface area contributed by atoms with E-state index < -0.39 is 5.60 Å². The molecule has 1 aromatic rings. The Kier molecular flexibility index (Phi) is 5.91. The second-order valence-corrected chi connectivity index (χ2v) is 7.05. The summed E-state index contributed by atoms with van der Waals surface area (Å²) in [5, 5.41) is 14.9. The first kappa shape index (κ1) is 17.3. The molecule has 1 aliphatic rings. The van der Waals surface area contributed by atoms with Gasteiger partial charge < -0.3 is 20.1 Å². The van der Waals surface area contributed by atoms with E-state index >= 15 is 0 Å². The quantitative estimate of drug-likeness (QED) is 0.777. The fraction of sp³-hybridized carbons (Fsp3) is 0.733. The molecule has 0 aliphatic carbocycles. The SMILES string of the molecule is COCCN1CCCC(O)(CNCc2sc(C)nc2C)C1=O. The van der Waals surface area contributed by atoms with Gasteiger partial charge in [-0.05, 0) is 26.7 Å². The van der Waals surface area contributed by atoms with E-state index in [0.29, 0.717) is 32.7 Å². The molecule has 1 saturated heterocycles. The van der Waals surface area contributed by atoms with Crippen LogP contribution >= 0.6 is 11.3 Å². The average molecular weight is 327 g/mol. The maximum absolute atomic E-state index is 12.4. The van der Waals surface area contributed by atoms with Crippen molar-refractivity contribution in [1.29, 1.82) is 0 Å². The second kappa shape index (κ2) is 7.50. The first-order chi connectivity index (χ1) is 10.5. The summed E-state index contributed by atoms with van der Waals surface area (Å²) in [5.74, 6) is -0.194. The zero-order valence-electron chi connectivity index (χ0n) is 13.5. The normalized spacial score (nSPS) is 22.4. The zero-order valence-corrected chi connectivity index (χ0v) is 14.3. The molecule has 7 heteroatoms. The number of likely N-dealkylation sites (tertiary alicyclic amines) is 1. The van der Waals surface area contributed by atoms with E-state index in [4.69, 9.17) is 4.74 Å². The van der Waals surface area contributed by atoms with Crippen molar-refractivity contribution in [3.05, 3.63) is 15.6 Å². The number of aromatic nitrogens is 1. The molecular weight excluding hydrogens is 302 g/mol. The van der Waals surface area contributed by atoms with Crippen molar-refractivity contribution in [3.8, 4) is 0 Å². The molecule has 6 nitrogen and oxygen atoms in total. The summed E-state index contributed by atoms with van der Waals surface area (Å²) in [6.45, 7) is 6.58. The Labute approximate surface area is 135 Å². The first-order valence-corrected chi connectivity index (χ1v) is 8.42. The minimum Gasteiger partial charge on any atom is -0.383 e.